The molecule has 0 aliphatic carbocycles. The summed E-state index contributed by atoms with van der Waals surface area (Å²) in [6, 6.07) is 4.97. The third-order valence-corrected chi connectivity index (χ3v) is 3.18. The molecule has 0 amide bonds. The molecule has 1 rings (SSSR count). The Hall–Kier alpha value is -0.150. The van der Waals surface area contributed by atoms with Gasteiger partial charge < -0.3 is 0 Å². The first kappa shape index (κ1) is 10.9. The van der Waals surface area contributed by atoms with Gasteiger partial charge in [-0.05, 0) is 19.1 Å². The molecule has 3 heteroatoms. The van der Waals surface area contributed by atoms with Gasteiger partial charge >= 0.3 is 0 Å². The quantitative estimate of drug-likeness (QED) is 0.711. The number of hydrogen-bond donors (Lipinski definition) is 0. The molecular weight excluding hydrogens is 299 g/mol. The molecule has 0 nitrogen and oxygen atoms in total. The van der Waals surface area contributed by atoms with Crippen molar-refractivity contribution >= 4 is 37.9 Å². The highest BCUT2D eigenvalue weighted by atomic mass is 79.9. The Morgan fingerprint density at radius 2 is 2.23 bits per heavy atom. The van der Waals surface area contributed by atoms with Crippen molar-refractivity contribution in [3.05, 3.63) is 39.6 Å². The monoisotopic (exact) mass is 306 g/mol. The van der Waals surface area contributed by atoms with E-state index in [1.807, 2.05) is 19.1 Å². The highest BCUT2D eigenvalue weighted by molar-refractivity contribution is 9.10. The smallest absolute Gasteiger partial charge is 0.131 e. The highest BCUT2D eigenvalue weighted by Crippen LogP contribution is 2.22. The van der Waals surface area contributed by atoms with E-state index in [4.69, 9.17) is 0 Å². The van der Waals surface area contributed by atoms with Crippen LogP contribution in [0.5, 0.6) is 0 Å². The van der Waals surface area contributed by atoms with E-state index < -0.39 is 0 Å². The molecular formula is C10H9Br2F. The summed E-state index contributed by atoms with van der Waals surface area (Å²) < 4.78 is 14.0. The Labute approximate surface area is 94.1 Å². The fourth-order valence-corrected chi connectivity index (χ4v) is 1.55. The van der Waals surface area contributed by atoms with E-state index >= 15 is 0 Å². The molecule has 0 fully saturated rings. The zero-order chi connectivity index (χ0) is 9.84. The molecule has 70 valence electrons. The fraction of sp³-hybridized carbons (Fsp3) is 0.200. The Bertz CT molecular complexity index is 311. The average molecular weight is 308 g/mol. The van der Waals surface area contributed by atoms with Gasteiger partial charge in [-0.15, -0.1) is 0 Å². The maximum Gasteiger partial charge on any atom is 0.131 e. The number of rotatable bonds is 2. The van der Waals surface area contributed by atoms with Crippen molar-refractivity contribution in [2.75, 3.05) is 5.33 Å². The predicted molar refractivity (Wildman–Crippen MR) is 61.5 cm³/mol. The van der Waals surface area contributed by atoms with Gasteiger partial charge in [0, 0.05) is 15.4 Å². The molecule has 0 radical (unpaired) electrons. The molecule has 1 aromatic carbocycles. The largest absolute Gasteiger partial charge is 0.206 e. The minimum Gasteiger partial charge on any atom is -0.206 e. The van der Waals surface area contributed by atoms with Gasteiger partial charge in [0.2, 0.25) is 0 Å². The van der Waals surface area contributed by atoms with E-state index in [0.717, 1.165) is 15.4 Å². The van der Waals surface area contributed by atoms with E-state index in [0.29, 0.717) is 5.56 Å². The molecule has 0 bridgehead atoms. The lowest BCUT2D eigenvalue weighted by Gasteiger charge is -2.01. The molecule has 0 N–H and O–H groups in total. The molecule has 0 aliphatic rings. The lowest BCUT2D eigenvalue weighted by molar-refractivity contribution is 0.624. The number of allylic oxidation sites excluding steroid dienone is 1. The summed E-state index contributed by atoms with van der Waals surface area (Å²) in [5, 5.41) is 0.758. The summed E-state index contributed by atoms with van der Waals surface area (Å²) in [5.74, 6) is -0.199. The van der Waals surface area contributed by atoms with Crippen LogP contribution in [0.25, 0.3) is 6.08 Å². The number of alkyl halides is 1. The van der Waals surface area contributed by atoms with E-state index in [2.05, 4.69) is 31.9 Å². The predicted octanol–water partition coefficient (Wildman–Crippen LogP) is 4.39. The Morgan fingerprint density at radius 1 is 1.54 bits per heavy atom. The van der Waals surface area contributed by atoms with Crippen LogP contribution in [0.3, 0.4) is 0 Å². The summed E-state index contributed by atoms with van der Waals surface area (Å²) in [6.45, 7) is 1.95. The third kappa shape index (κ3) is 2.92. The maximum atomic E-state index is 13.3. The molecule has 13 heavy (non-hydrogen) atoms. The Morgan fingerprint density at radius 3 is 2.77 bits per heavy atom. The van der Waals surface area contributed by atoms with Crippen molar-refractivity contribution < 1.29 is 4.39 Å². The van der Waals surface area contributed by atoms with Gasteiger partial charge in [-0.2, -0.15) is 0 Å². The second kappa shape index (κ2) is 4.91. The summed E-state index contributed by atoms with van der Waals surface area (Å²) in [5.41, 5.74) is 1.70. The first-order valence-electron chi connectivity index (χ1n) is 3.82. The van der Waals surface area contributed by atoms with Gasteiger partial charge in [-0.3, -0.25) is 0 Å². The van der Waals surface area contributed by atoms with Gasteiger partial charge in [-0.1, -0.05) is 49.6 Å². The number of hydrogen-bond acceptors (Lipinski definition) is 0. The maximum absolute atomic E-state index is 13.3. The minimum absolute atomic E-state index is 0.199. The molecule has 0 saturated carbocycles. The van der Waals surface area contributed by atoms with Crippen LogP contribution in [0.15, 0.2) is 28.2 Å². The Kier molecular flexibility index (Phi) is 4.13. The average Bonchev–Trinajstić information content (AvgIpc) is 2.11. The molecule has 0 unspecified atom stereocenters. The van der Waals surface area contributed by atoms with Crippen LogP contribution < -0.4 is 0 Å². The van der Waals surface area contributed by atoms with Crippen LogP contribution in [-0.4, -0.2) is 5.33 Å². The van der Waals surface area contributed by atoms with E-state index in [9.17, 15) is 4.39 Å². The summed E-state index contributed by atoms with van der Waals surface area (Å²) in [6.07, 6.45) is 1.83. The highest BCUT2D eigenvalue weighted by Gasteiger charge is 2.02. The normalized spacial score (nSPS) is 11.8. The number of halogens is 3. The van der Waals surface area contributed by atoms with Gasteiger partial charge in [-0.25, -0.2) is 4.39 Å². The molecule has 0 spiro atoms. The van der Waals surface area contributed by atoms with E-state index in [1.165, 1.54) is 6.07 Å². The molecule has 0 aliphatic heterocycles. The van der Waals surface area contributed by atoms with Crippen molar-refractivity contribution in [1.29, 1.82) is 0 Å². The van der Waals surface area contributed by atoms with E-state index in [1.54, 1.807) is 6.07 Å². The van der Waals surface area contributed by atoms with Gasteiger partial charge in [0.15, 0.2) is 0 Å². The molecule has 0 heterocycles. The second-order valence-corrected chi connectivity index (χ2v) is 4.17. The van der Waals surface area contributed by atoms with Crippen LogP contribution in [0, 0.1) is 5.82 Å². The summed E-state index contributed by atoms with van der Waals surface area (Å²) >= 11 is 6.62. The standard InChI is InChI=1S/C10H9Br2F/c1-7(6-11)5-8-9(12)3-2-4-10(8)13/h2-5H,6H2,1H3/b7-5-. The van der Waals surface area contributed by atoms with Gasteiger partial charge in [0.25, 0.3) is 0 Å². The van der Waals surface area contributed by atoms with Crippen LogP contribution in [0.2, 0.25) is 0 Å². The number of benzene rings is 1. The Balaban J connectivity index is 3.14. The first-order chi connectivity index (χ1) is 6.15. The lowest BCUT2D eigenvalue weighted by Crippen LogP contribution is -1.85. The van der Waals surface area contributed by atoms with Crippen LogP contribution in [-0.2, 0) is 0 Å². The van der Waals surface area contributed by atoms with Crippen LogP contribution in [0.1, 0.15) is 12.5 Å². The van der Waals surface area contributed by atoms with Crippen molar-refractivity contribution in [2.24, 2.45) is 0 Å². The SMILES string of the molecule is C/C(=C/c1c(F)cccc1Br)CBr. The van der Waals surface area contributed by atoms with Gasteiger partial charge in [0.05, 0.1) is 0 Å². The van der Waals surface area contributed by atoms with Crippen molar-refractivity contribution in [2.45, 2.75) is 6.92 Å². The zero-order valence-electron chi connectivity index (χ0n) is 7.15. The molecule has 0 atom stereocenters. The van der Waals surface area contributed by atoms with Crippen LogP contribution in [0.4, 0.5) is 4.39 Å². The minimum atomic E-state index is -0.199. The lowest BCUT2D eigenvalue weighted by atomic mass is 10.1. The molecule has 0 aromatic heterocycles. The summed E-state index contributed by atoms with van der Waals surface area (Å²) in [4.78, 5) is 0. The molecule has 0 saturated heterocycles. The summed E-state index contributed by atoms with van der Waals surface area (Å²) in [7, 11) is 0. The van der Waals surface area contributed by atoms with Crippen molar-refractivity contribution in [3.8, 4) is 0 Å². The second-order valence-electron chi connectivity index (χ2n) is 2.76. The van der Waals surface area contributed by atoms with Crippen molar-refractivity contribution in [1.82, 2.24) is 0 Å². The molecule has 1 aromatic rings. The third-order valence-electron chi connectivity index (χ3n) is 1.60. The van der Waals surface area contributed by atoms with E-state index in [-0.39, 0.29) is 5.82 Å². The topological polar surface area (TPSA) is 0 Å². The first-order valence-corrected chi connectivity index (χ1v) is 5.73. The van der Waals surface area contributed by atoms with Crippen LogP contribution >= 0.6 is 31.9 Å². The van der Waals surface area contributed by atoms with Crippen molar-refractivity contribution in [3.63, 3.8) is 0 Å². The van der Waals surface area contributed by atoms with Gasteiger partial charge in [0.1, 0.15) is 5.82 Å². The fourth-order valence-electron chi connectivity index (χ4n) is 0.934. The zero-order valence-corrected chi connectivity index (χ0v) is 10.3.